The van der Waals surface area contributed by atoms with Crippen molar-refractivity contribution in [1.82, 2.24) is 4.98 Å². The van der Waals surface area contributed by atoms with Gasteiger partial charge in [0.15, 0.2) is 0 Å². The Morgan fingerprint density at radius 1 is 1.53 bits per heavy atom. The van der Waals surface area contributed by atoms with Crippen molar-refractivity contribution in [3.63, 3.8) is 0 Å². The molecule has 2 rings (SSSR count). The maximum atomic E-state index is 9.01. The van der Waals surface area contributed by atoms with Crippen LogP contribution in [0.15, 0.2) is 18.3 Å². The Bertz CT molecular complexity index is 413. The van der Waals surface area contributed by atoms with Crippen LogP contribution < -0.4 is 5.32 Å². The van der Waals surface area contributed by atoms with E-state index in [2.05, 4.69) is 22.6 Å². The second-order valence-corrected chi connectivity index (χ2v) is 5.52. The quantitative estimate of drug-likeness (QED) is 0.892. The van der Waals surface area contributed by atoms with E-state index in [1.54, 1.807) is 12.3 Å². The lowest BCUT2D eigenvalue weighted by molar-refractivity contribution is 0.472. The van der Waals surface area contributed by atoms with Gasteiger partial charge in [-0.05, 0) is 37.7 Å². The summed E-state index contributed by atoms with van der Waals surface area (Å²) in [6, 6.07) is 6.25. The third-order valence-corrected chi connectivity index (χ3v) is 4.32. The first kappa shape index (κ1) is 12.3. The summed E-state index contributed by atoms with van der Waals surface area (Å²) in [5.74, 6) is 0.738. The molecule has 0 aliphatic heterocycles. The molecule has 1 heterocycles. The van der Waals surface area contributed by atoms with Crippen LogP contribution in [0.3, 0.4) is 0 Å². The fourth-order valence-electron chi connectivity index (χ4n) is 2.29. The molecule has 0 bridgehead atoms. The number of nitrogens with zero attached hydrogens (tertiary/aromatic N) is 2. The second-order valence-electron chi connectivity index (χ2n) is 4.38. The van der Waals surface area contributed by atoms with Gasteiger partial charge in [0.2, 0.25) is 0 Å². The molecule has 1 aliphatic rings. The fourth-order valence-corrected chi connectivity index (χ4v) is 3.12. The molecule has 17 heavy (non-hydrogen) atoms. The van der Waals surface area contributed by atoms with Crippen LogP contribution in [0, 0.1) is 11.3 Å². The molecule has 2 unspecified atom stereocenters. The number of thioether (sulfide) groups is 1. The van der Waals surface area contributed by atoms with E-state index < -0.39 is 0 Å². The Labute approximate surface area is 107 Å². The van der Waals surface area contributed by atoms with Crippen molar-refractivity contribution >= 4 is 17.6 Å². The number of pyridine rings is 1. The zero-order valence-electron chi connectivity index (χ0n) is 10.0. The van der Waals surface area contributed by atoms with E-state index in [0.717, 1.165) is 11.1 Å². The van der Waals surface area contributed by atoms with Crippen LogP contribution in [0.25, 0.3) is 0 Å². The maximum Gasteiger partial charge on any atom is 0.144 e. The Balaban J connectivity index is 2.03. The average Bonchev–Trinajstić information content (AvgIpc) is 2.39. The van der Waals surface area contributed by atoms with Crippen LogP contribution in [0.4, 0.5) is 5.82 Å². The topological polar surface area (TPSA) is 48.7 Å². The minimum atomic E-state index is 0.461. The SMILES string of the molecule is CSC1CCCC(Nc2ncccc2C#N)C1. The van der Waals surface area contributed by atoms with Crippen LogP contribution in [-0.2, 0) is 0 Å². The summed E-state index contributed by atoms with van der Waals surface area (Å²) < 4.78 is 0. The van der Waals surface area contributed by atoms with Crippen molar-refractivity contribution in [2.45, 2.75) is 37.0 Å². The third-order valence-electron chi connectivity index (χ3n) is 3.23. The van der Waals surface area contributed by atoms with Gasteiger partial charge >= 0.3 is 0 Å². The molecule has 90 valence electrons. The molecule has 4 heteroatoms. The zero-order valence-corrected chi connectivity index (χ0v) is 10.8. The van der Waals surface area contributed by atoms with E-state index in [4.69, 9.17) is 5.26 Å². The summed E-state index contributed by atoms with van der Waals surface area (Å²) in [6.45, 7) is 0. The lowest BCUT2D eigenvalue weighted by atomic mass is 9.95. The molecule has 1 aliphatic carbocycles. The van der Waals surface area contributed by atoms with Gasteiger partial charge < -0.3 is 5.32 Å². The number of nitriles is 1. The van der Waals surface area contributed by atoms with Gasteiger partial charge in [0.05, 0.1) is 5.56 Å². The van der Waals surface area contributed by atoms with Gasteiger partial charge in [0.1, 0.15) is 11.9 Å². The molecular formula is C13H17N3S. The predicted molar refractivity (Wildman–Crippen MR) is 72.1 cm³/mol. The van der Waals surface area contributed by atoms with E-state index >= 15 is 0 Å². The van der Waals surface area contributed by atoms with Crippen LogP contribution in [0.5, 0.6) is 0 Å². The fraction of sp³-hybridized carbons (Fsp3) is 0.538. The highest BCUT2D eigenvalue weighted by Crippen LogP contribution is 2.28. The predicted octanol–water partition coefficient (Wildman–Crippen LogP) is 3.04. The molecule has 0 saturated heterocycles. The molecule has 2 atom stereocenters. The van der Waals surface area contributed by atoms with E-state index in [9.17, 15) is 0 Å². The zero-order chi connectivity index (χ0) is 12.1. The average molecular weight is 247 g/mol. The number of rotatable bonds is 3. The van der Waals surface area contributed by atoms with Crippen LogP contribution in [0.2, 0.25) is 0 Å². The van der Waals surface area contributed by atoms with E-state index in [1.165, 1.54) is 25.7 Å². The van der Waals surface area contributed by atoms with Crippen molar-refractivity contribution in [3.05, 3.63) is 23.9 Å². The van der Waals surface area contributed by atoms with Crippen molar-refractivity contribution in [2.24, 2.45) is 0 Å². The lowest BCUT2D eigenvalue weighted by Crippen LogP contribution is -2.29. The molecule has 1 aromatic heterocycles. The number of nitrogens with one attached hydrogen (secondary N) is 1. The molecule has 1 aromatic rings. The van der Waals surface area contributed by atoms with Crippen molar-refractivity contribution in [1.29, 1.82) is 5.26 Å². The first-order valence-corrected chi connectivity index (χ1v) is 7.26. The third kappa shape index (κ3) is 3.13. The largest absolute Gasteiger partial charge is 0.366 e. The summed E-state index contributed by atoms with van der Waals surface area (Å²) in [7, 11) is 0. The van der Waals surface area contributed by atoms with Gasteiger partial charge in [-0.2, -0.15) is 17.0 Å². The molecular weight excluding hydrogens is 230 g/mol. The summed E-state index contributed by atoms with van der Waals surface area (Å²) in [4.78, 5) is 4.25. The van der Waals surface area contributed by atoms with Gasteiger partial charge in [0.25, 0.3) is 0 Å². The number of hydrogen-bond donors (Lipinski definition) is 1. The van der Waals surface area contributed by atoms with Crippen LogP contribution >= 0.6 is 11.8 Å². The van der Waals surface area contributed by atoms with Gasteiger partial charge in [-0.15, -0.1) is 0 Å². The second kappa shape index (κ2) is 5.92. The van der Waals surface area contributed by atoms with Gasteiger partial charge in [0, 0.05) is 17.5 Å². The molecule has 0 spiro atoms. The summed E-state index contributed by atoms with van der Waals surface area (Å²) in [5, 5.41) is 13.2. The molecule has 0 amide bonds. The number of anilines is 1. The summed E-state index contributed by atoms with van der Waals surface area (Å²) >= 11 is 1.94. The van der Waals surface area contributed by atoms with Crippen LogP contribution in [-0.4, -0.2) is 22.5 Å². The Morgan fingerprint density at radius 2 is 2.41 bits per heavy atom. The summed E-state index contributed by atoms with van der Waals surface area (Å²) in [6.07, 6.45) is 8.83. The monoisotopic (exact) mass is 247 g/mol. The van der Waals surface area contributed by atoms with E-state index in [1.807, 2.05) is 17.8 Å². The van der Waals surface area contributed by atoms with E-state index in [-0.39, 0.29) is 0 Å². The highest BCUT2D eigenvalue weighted by molar-refractivity contribution is 7.99. The van der Waals surface area contributed by atoms with Crippen molar-refractivity contribution in [2.75, 3.05) is 11.6 Å². The minimum Gasteiger partial charge on any atom is -0.366 e. The van der Waals surface area contributed by atoms with Crippen molar-refractivity contribution < 1.29 is 0 Å². The minimum absolute atomic E-state index is 0.461. The van der Waals surface area contributed by atoms with Crippen LogP contribution in [0.1, 0.15) is 31.2 Å². The van der Waals surface area contributed by atoms with Gasteiger partial charge in [-0.25, -0.2) is 4.98 Å². The molecule has 3 nitrogen and oxygen atoms in total. The normalized spacial score (nSPS) is 24.0. The standard InChI is InChI=1S/C13H17N3S/c1-17-12-6-2-5-11(8-12)16-13-10(9-14)4-3-7-15-13/h3-4,7,11-12H,2,5-6,8H2,1H3,(H,15,16). The van der Waals surface area contributed by atoms with Gasteiger partial charge in [-0.1, -0.05) is 6.42 Å². The number of aromatic nitrogens is 1. The Kier molecular flexibility index (Phi) is 4.27. The molecule has 1 saturated carbocycles. The molecule has 0 aromatic carbocycles. The molecule has 1 N–H and O–H groups in total. The highest BCUT2D eigenvalue weighted by atomic mass is 32.2. The maximum absolute atomic E-state index is 9.01. The highest BCUT2D eigenvalue weighted by Gasteiger charge is 2.21. The lowest BCUT2D eigenvalue weighted by Gasteiger charge is -2.29. The first-order chi connectivity index (χ1) is 8.33. The Hall–Kier alpha value is -1.21. The first-order valence-electron chi connectivity index (χ1n) is 5.98. The van der Waals surface area contributed by atoms with Gasteiger partial charge in [-0.3, -0.25) is 0 Å². The molecule has 1 fully saturated rings. The number of hydrogen-bond acceptors (Lipinski definition) is 4. The van der Waals surface area contributed by atoms with E-state index in [0.29, 0.717) is 11.6 Å². The summed E-state index contributed by atoms with van der Waals surface area (Å²) in [5.41, 5.74) is 0.638. The smallest absolute Gasteiger partial charge is 0.144 e. The Morgan fingerprint density at radius 3 is 3.18 bits per heavy atom. The molecule has 0 radical (unpaired) electrons. The van der Waals surface area contributed by atoms with Crippen molar-refractivity contribution in [3.8, 4) is 6.07 Å².